The fourth-order valence-corrected chi connectivity index (χ4v) is 2.18. The number of pyridine rings is 1. The Morgan fingerprint density at radius 2 is 1.86 bits per heavy atom. The van der Waals surface area contributed by atoms with Gasteiger partial charge in [-0.25, -0.2) is 9.78 Å². The third kappa shape index (κ3) is 4.22. The van der Waals surface area contributed by atoms with E-state index in [0.717, 1.165) is 0 Å². The highest BCUT2D eigenvalue weighted by Gasteiger charge is 2.16. The molecule has 5 nitrogen and oxygen atoms in total. The van der Waals surface area contributed by atoms with E-state index in [1.807, 2.05) is 0 Å². The third-order valence-corrected chi connectivity index (χ3v) is 3.37. The maximum absolute atomic E-state index is 11.8. The minimum absolute atomic E-state index is 0.00745. The first-order chi connectivity index (χ1) is 9.97. The highest BCUT2D eigenvalue weighted by molar-refractivity contribution is 6.33. The highest BCUT2D eigenvalue weighted by atomic mass is 35.5. The number of nitrogens with one attached hydrogen (secondary N) is 2. The molecule has 0 aliphatic carbocycles. The Hall–Kier alpha value is -1.53. The second-order valence-corrected chi connectivity index (χ2v) is 5.15. The van der Waals surface area contributed by atoms with Crippen LogP contribution in [0.3, 0.4) is 0 Å². The molecule has 2 aromatic rings. The Kier molecular flexibility index (Phi) is 5.25. The van der Waals surface area contributed by atoms with Crippen molar-refractivity contribution in [1.29, 1.82) is 0 Å². The van der Waals surface area contributed by atoms with Crippen LogP contribution in [0.2, 0.25) is 15.3 Å². The molecule has 0 radical (unpaired) electrons. The summed E-state index contributed by atoms with van der Waals surface area (Å²) in [5.74, 6) is 0. The van der Waals surface area contributed by atoms with Gasteiger partial charge < -0.3 is 15.7 Å². The summed E-state index contributed by atoms with van der Waals surface area (Å²) in [4.78, 5) is 15.6. The summed E-state index contributed by atoms with van der Waals surface area (Å²) in [5.41, 5.74) is 0.652. The number of carbonyl (C=O) groups excluding carboxylic acids is 1. The van der Waals surface area contributed by atoms with Gasteiger partial charge in [-0.15, -0.1) is 0 Å². The quantitative estimate of drug-likeness (QED) is 0.583. The van der Waals surface area contributed by atoms with Gasteiger partial charge in [-0.1, -0.05) is 46.9 Å². The Bertz CT molecular complexity index is 667. The lowest BCUT2D eigenvalue weighted by Gasteiger charge is -2.15. The van der Waals surface area contributed by atoms with Crippen LogP contribution in [-0.2, 0) is 0 Å². The van der Waals surface area contributed by atoms with Crippen LogP contribution in [0.15, 0.2) is 36.4 Å². The molecular formula is C13H10Cl3N3O2. The summed E-state index contributed by atoms with van der Waals surface area (Å²) < 4.78 is 0. The highest BCUT2D eigenvalue weighted by Crippen LogP contribution is 2.23. The predicted octanol–water partition coefficient (Wildman–Crippen LogP) is 3.85. The lowest BCUT2D eigenvalue weighted by Crippen LogP contribution is -2.32. The van der Waals surface area contributed by atoms with Crippen molar-refractivity contribution in [3.05, 3.63) is 57.3 Å². The van der Waals surface area contributed by atoms with Crippen molar-refractivity contribution in [3.63, 3.8) is 0 Å². The molecule has 0 aliphatic rings. The number of hydrogen-bond acceptors (Lipinski definition) is 3. The number of urea groups is 1. The molecule has 1 aromatic heterocycles. The van der Waals surface area contributed by atoms with E-state index in [1.54, 1.807) is 24.3 Å². The van der Waals surface area contributed by atoms with Crippen LogP contribution in [0, 0.1) is 0 Å². The number of halogens is 3. The fraction of sp³-hybridized carbons (Fsp3) is 0.0769. The SMILES string of the molecule is O=C(Nc1ccccc1Cl)NC(O)c1ccc(Cl)nc1Cl. The molecule has 21 heavy (non-hydrogen) atoms. The molecule has 0 aliphatic heterocycles. The molecule has 1 heterocycles. The maximum Gasteiger partial charge on any atom is 0.321 e. The van der Waals surface area contributed by atoms with Crippen LogP contribution in [-0.4, -0.2) is 16.1 Å². The van der Waals surface area contributed by atoms with E-state index >= 15 is 0 Å². The summed E-state index contributed by atoms with van der Waals surface area (Å²) in [7, 11) is 0. The number of benzene rings is 1. The summed E-state index contributed by atoms with van der Waals surface area (Å²) in [5, 5.41) is 15.3. The number of aliphatic hydroxyl groups is 1. The van der Waals surface area contributed by atoms with Crippen LogP contribution in [0.4, 0.5) is 10.5 Å². The van der Waals surface area contributed by atoms with Gasteiger partial charge in [0.2, 0.25) is 0 Å². The van der Waals surface area contributed by atoms with E-state index in [1.165, 1.54) is 12.1 Å². The Labute approximate surface area is 135 Å². The molecule has 1 unspecified atom stereocenters. The molecule has 0 bridgehead atoms. The lowest BCUT2D eigenvalue weighted by atomic mass is 10.2. The Morgan fingerprint density at radius 3 is 2.52 bits per heavy atom. The number of nitrogens with zero attached hydrogens (tertiary/aromatic N) is 1. The van der Waals surface area contributed by atoms with Crippen LogP contribution in [0.1, 0.15) is 11.8 Å². The Morgan fingerprint density at radius 1 is 1.14 bits per heavy atom. The number of amides is 2. The minimum Gasteiger partial charge on any atom is -0.369 e. The predicted molar refractivity (Wildman–Crippen MR) is 82.8 cm³/mol. The lowest BCUT2D eigenvalue weighted by molar-refractivity contribution is 0.146. The van der Waals surface area contributed by atoms with Gasteiger partial charge in [-0.3, -0.25) is 0 Å². The topological polar surface area (TPSA) is 74.2 Å². The zero-order chi connectivity index (χ0) is 15.4. The summed E-state index contributed by atoms with van der Waals surface area (Å²) in [6, 6.07) is 9.01. The molecule has 3 N–H and O–H groups in total. The van der Waals surface area contributed by atoms with Crippen LogP contribution in [0.5, 0.6) is 0 Å². The number of aliphatic hydroxyl groups excluding tert-OH is 1. The van der Waals surface area contributed by atoms with Gasteiger partial charge in [0.25, 0.3) is 0 Å². The van der Waals surface area contributed by atoms with Crippen LogP contribution < -0.4 is 10.6 Å². The number of carbonyl (C=O) groups is 1. The van der Waals surface area contributed by atoms with Crippen molar-refractivity contribution in [2.45, 2.75) is 6.23 Å². The number of anilines is 1. The smallest absolute Gasteiger partial charge is 0.321 e. The second-order valence-electron chi connectivity index (χ2n) is 3.99. The monoisotopic (exact) mass is 345 g/mol. The molecule has 2 amide bonds. The number of aromatic nitrogens is 1. The minimum atomic E-state index is -1.33. The van der Waals surface area contributed by atoms with Gasteiger partial charge in [-0.2, -0.15) is 0 Å². The molecule has 110 valence electrons. The van der Waals surface area contributed by atoms with E-state index in [-0.39, 0.29) is 15.9 Å². The first-order valence-corrected chi connectivity index (χ1v) is 6.93. The van der Waals surface area contributed by atoms with Gasteiger partial charge in [0.15, 0.2) is 6.23 Å². The molecule has 8 heteroatoms. The molecule has 0 saturated heterocycles. The third-order valence-electron chi connectivity index (χ3n) is 2.53. The first-order valence-electron chi connectivity index (χ1n) is 5.79. The standard InChI is InChI=1S/C13H10Cl3N3O2/c14-8-3-1-2-4-9(8)17-13(21)19-12(20)7-5-6-10(15)18-11(7)16/h1-6,12,20H,(H2,17,19,21). The van der Waals surface area contributed by atoms with Gasteiger partial charge >= 0.3 is 6.03 Å². The fourth-order valence-electron chi connectivity index (χ4n) is 1.55. The van der Waals surface area contributed by atoms with E-state index < -0.39 is 12.3 Å². The van der Waals surface area contributed by atoms with Gasteiger partial charge in [0, 0.05) is 5.56 Å². The largest absolute Gasteiger partial charge is 0.369 e. The van der Waals surface area contributed by atoms with Crippen molar-refractivity contribution >= 4 is 46.5 Å². The molecule has 0 fully saturated rings. The summed E-state index contributed by atoms with van der Waals surface area (Å²) in [6.45, 7) is 0. The van der Waals surface area contributed by atoms with Crippen molar-refractivity contribution in [1.82, 2.24) is 10.3 Å². The molecule has 0 saturated carbocycles. The Balaban J connectivity index is 2.04. The number of para-hydroxylation sites is 1. The average molecular weight is 347 g/mol. The van der Waals surface area contributed by atoms with Crippen molar-refractivity contribution < 1.29 is 9.90 Å². The van der Waals surface area contributed by atoms with E-state index in [4.69, 9.17) is 34.8 Å². The molecule has 2 rings (SSSR count). The van der Waals surface area contributed by atoms with E-state index in [0.29, 0.717) is 10.7 Å². The first kappa shape index (κ1) is 15.9. The molecule has 1 atom stereocenters. The van der Waals surface area contributed by atoms with Crippen molar-refractivity contribution in [3.8, 4) is 0 Å². The van der Waals surface area contributed by atoms with Gasteiger partial charge in [0.05, 0.1) is 10.7 Å². The zero-order valence-electron chi connectivity index (χ0n) is 10.5. The molecule has 1 aromatic carbocycles. The van der Waals surface area contributed by atoms with E-state index in [9.17, 15) is 9.90 Å². The summed E-state index contributed by atoms with van der Waals surface area (Å²) in [6.07, 6.45) is -1.33. The maximum atomic E-state index is 11.8. The normalized spacial score (nSPS) is 11.8. The van der Waals surface area contributed by atoms with Gasteiger partial charge in [-0.05, 0) is 24.3 Å². The van der Waals surface area contributed by atoms with E-state index in [2.05, 4.69) is 15.6 Å². The van der Waals surface area contributed by atoms with Crippen LogP contribution >= 0.6 is 34.8 Å². The van der Waals surface area contributed by atoms with Crippen LogP contribution in [0.25, 0.3) is 0 Å². The number of hydrogen-bond donors (Lipinski definition) is 3. The average Bonchev–Trinajstić information content (AvgIpc) is 2.41. The van der Waals surface area contributed by atoms with Crippen molar-refractivity contribution in [2.75, 3.05) is 5.32 Å². The summed E-state index contributed by atoms with van der Waals surface area (Å²) >= 11 is 17.4. The van der Waals surface area contributed by atoms with Gasteiger partial charge in [0.1, 0.15) is 10.3 Å². The molecule has 0 spiro atoms. The number of rotatable bonds is 3. The zero-order valence-corrected chi connectivity index (χ0v) is 12.7. The van der Waals surface area contributed by atoms with Crippen molar-refractivity contribution in [2.24, 2.45) is 0 Å². The second kappa shape index (κ2) is 6.95. The molecular weight excluding hydrogens is 337 g/mol.